The van der Waals surface area contributed by atoms with E-state index in [1.165, 1.54) is 19.3 Å². The molecule has 0 unspecified atom stereocenters. The van der Waals surface area contributed by atoms with Gasteiger partial charge in [-0.25, -0.2) is 4.39 Å². The maximum Gasteiger partial charge on any atom is 0.192 e. The second-order valence-electron chi connectivity index (χ2n) is 13.0. The van der Waals surface area contributed by atoms with Gasteiger partial charge in [0, 0.05) is 6.10 Å². The standard InChI is InChI=1S/C27H45FO2Si/c1-25(2,3)31(6,7)30-19-12-14-26(4)18(16-19)8-9-20-21-10-11-23(24(28)17-29)27(21,5)15-13-22(20)26/h8,19-22,29H,9-17H2,1-7H3/b24-23+/t19-,20-,21-,22-,26-,27-/m0/s1. The number of rotatable bonds is 3. The molecule has 0 saturated heterocycles. The van der Waals surface area contributed by atoms with E-state index in [2.05, 4.69) is 53.8 Å². The van der Waals surface area contributed by atoms with E-state index in [-0.39, 0.29) is 16.3 Å². The number of aliphatic hydroxyl groups is 1. The Bertz CT molecular complexity index is 779. The molecule has 176 valence electrons. The Kier molecular flexibility index (Phi) is 5.97. The van der Waals surface area contributed by atoms with E-state index >= 15 is 0 Å². The molecule has 0 amide bonds. The Morgan fingerprint density at radius 2 is 1.77 bits per heavy atom. The van der Waals surface area contributed by atoms with Gasteiger partial charge in [-0.05, 0) is 104 Å². The molecular formula is C27H45FO2Si. The van der Waals surface area contributed by atoms with Crippen molar-refractivity contribution in [2.24, 2.45) is 28.6 Å². The van der Waals surface area contributed by atoms with E-state index in [0.717, 1.165) is 43.6 Å². The second kappa shape index (κ2) is 7.80. The molecular weight excluding hydrogens is 403 g/mol. The molecule has 0 radical (unpaired) electrons. The van der Waals surface area contributed by atoms with Gasteiger partial charge in [0.25, 0.3) is 0 Å². The van der Waals surface area contributed by atoms with Crippen LogP contribution in [0.3, 0.4) is 0 Å². The molecule has 4 aliphatic rings. The zero-order valence-electron chi connectivity index (χ0n) is 21.0. The summed E-state index contributed by atoms with van der Waals surface area (Å²) in [6.07, 6.45) is 11.8. The first-order valence-corrected chi connectivity index (χ1v) is 15.6. The van der Waals surface area contributed by atoms with Crippen LogP contribution in [0, 0.1) is 28.6 Å². The third-order valence-corrected chi connectivity index (χ3v) is 15.1. The first kappa shape index (κ1) is 23.7. The zero-order chi connectivity index (χ0) is 22.8. The number of hydrogen-bond donors (Lipinski definition) is 1. The predicted molar refractivity (Wildman–Crippen MR) is 129 cm³/mol. The fourth-order valence-corrected chi connectivity index (χ4v) is 9.06. The van der Waals surface area contributed by atoms with Gasteiger partial charge in [-0.15, -0.1) is 0 Å². The third-order valence-electron chi connectivity index (χ3n) is 10.6. The van der Waals surface area contributed by atoms with E-state index in [1.807, 2.05) is 0 Å². The van der Waals surface area contributed by atoms with Crippen molar-refractivity contribution in [2.75, 3.05) is 6.61 Å². The number of hydrogen-bond acceptors (Lipinski definition) is 2. The van der Waals surface area contributed by atoms with Crippen molar-refractivity contribution >= 4 is 8.32 Å². The highest BCUT2D eigenvalue weighted by Crippen LogP contribution is 2.66. The van der Waals surface area contributed by atoms with Crippen molar-refractivity contribution in [3.8, 4) is 0 Å². The van der Waals surface area contributed by atoms with E-state index in [9.17, 15) is 9.50 Å². The molecule has 4 rings (SSSR count). The summed E-state index contributed by atoms with van der Waals surface area (Å²) in [5.41, 5.74) is 2.84. The Morgan fingerprint density at radius 1 is 1.13 bits per heavy atom. The van der Waals surface area contributed by atoms with Crippen LogP contribution in [0.25, 0.3) is 0 Å². The molecule has 1 N–H and O–H groups in total. The van der Waals surface area contributed by atoms with Crippen molar-refractivity contribution in [1.29, 1.82) is 0 Å². The van der Waals surface area contributed by atoms with Gasteiger partial charge in [0.05, 0.1) is 6.61 Å². The van der Waals surface area contributed by atoms with Gasteiger partial charge in [-0.1, -0.05) is 46.3 Å². The summed E-state index contributed by atoms with van der Waals surface area (Å²) in [7, 11) is -1.75. The minimum Gasteiger partial charge on any atom is -0.414 e. The lowest BCUT2D eigenvalue weighted by atomic mass is 9.48. The normalized spacial score (nSPS) is 42.4. The largest absolute Gasteiger partial charge is 0.414 e. The highest BCUT2D eigenvalue weighted by atomic mass is 28.4. The fourth-order valence-electron chi connectivity index (χ4n) is 7.68. The molecule has 31 heavy (non-hydrogen) atoms. The minimum absolute atomic E-state index is 0.0433. The van der Waals surface area contributed by atoms with Crippen molar-refractivity contribution in [3.63, 3.8) is 0 Å². The molecule has 3 fully saturated rings. The monoisotopic (exact) mass is 448 g/mol. The summed E-state index contributed by atoms with van der Waals surface area (Å²) < 4.78 is 21.3. The van der Waals surface area contributed by atoms with Gasteiger partial charge in [-0.2, -0.15) is 0 Å². The van der Waals surface area contributed by atoms with Crippen LogP contribution in [0.15, 0.2) is 23.0 Å². The SMILES string of the molecule is CC(C)(C)[Si](C)(C)O[C@H]1CC[C@@]2(C)C(=CC[C@@H]3[C@@H]2CC[C@]2(C)/C(=C(/F)CO)CC[C@@H]32)C1. The van der Waals surface area contributed by atoms with Crippen LogP contribution in [0.5, 0.6) is 0 Å². The Balaban J connectivity index is 1.55. The van der Waals surface area contributed by atoms with Crippen LogP contribution in [0.1, 0.15) is 86.0 Å². The van der Waals surface area contributed by atoms with Gasteiger partial charge < -0.3 is 9.53 Å². The van der Waals surface area contributed by atoms with Crippen LogP contribution >= 0.6 is 0 Å². The van der Waals surface area contributed by atoms with E-state index in [0.29, 0.717) is 23.4 Å². The summed E-state index contributed by atoms with van der Waals surface area (Å²) in [6, 6.07) is 0. The molecule has 0 aromatic rings. The molecule has 0 aromatic carbocycles. The lowest BCUT2D eigenvalue weighted by Gasteiger charge is -2.58. The van der Waals surface area contributed by atoms with Gasteiger partial charge in [-0.3, -0.25) is 0 Å². The van der Waals surface area contributed by atoms with Crippen LogP contribution < -0.4 is 0 Å². The molecule has 4 heteroatoms. The zero-order valence-corrected chi connectivity index (χ0v) is 22.0. The maximum absolute atomic E-state index is 14.5. The van der Waals surface area contributed by atoms with Crippen LogP contribution in [0.4, 0.5) is 4.39 Å². The van der Waals surface area contributed by atoms with E-state index in [1.54, 1.807) is 5.57 Å². The quantitative estimate of drug-likeness (QED) is 0.356. The molecule has 0 heterocycles. The van der Waals surface area contributed by atoms with Crippen molar-refractivity contribution in [3.05, 3.63) is 23.0 Å². The van der Waals surface area contributed by atoms with Gasteiger partial charge in [0.1, 0.15) is 5.83 Å². The first-order chi connectivity index (χ1) is 14.3. The van der Waals surface area contributed by atoms with E-state index in [4.69, 9.17) is 4.43 Å². The smallest absolute Gasteiger partial charge is 0.192 e. The number of halogens is 1. The summed E-state index contributed by atoms with van der Waals surface area (Å²) in [4.78, 5) is 0. The number of allylic oxidation sites excluding steroid dienone is 2. The summed E-state index contributed by atoms with van der Waals surface area (Å²) in [6.45, 7) is 16.1. The van der Waals surface area contributed by atoms with Gasteiger partial charge in [0.2, 0.25) is 0 Å². The molecule has 0 spiro atoms. The lowest BCUT2D eigenvalue weighted by molar-refractivity contribution is -0.0261. The molecule has 4 aliphatic carbocycles. The Labute approximate surface area is 190 Å². The summed E-state index contributed by atoms with van der Waals surface area (Å²) in [5.74, 6) is 1.70. The number of fused-ring (bicyclic) bond motifs is 5. The summed E-state index contributed by atoms with van der Waals surface area (Å²) in [5, 5.41) is 9.69. The number of aliphatic hydroxyl groups excluding tert-OH is 1. The summed E-state index contributed by atoms with van der Waals surface area (Å²) >= 11 is 0. The molecule has 0 bridgehead atoms. The van der Waals surface area contributed by atoms with Crippen molar-refractivity contribution in [1.82, 2.24) is 0 Å². The van der Waals surface area contributed by atoms with Crippen molar-refractivity contribution in [2.45, 2.75) is 110 Å². The predicted octanol–water partition coefficient (Wildman–Crippen LogP) is 7.56. The van der Waals surface area contributed by atoms with Gasteiger partial charge in [0.15, 0.2) is 8.32 Å². The van der Waals surface area contributed by atoms with E-state index < -0.39 is 14.9 Å². The maximum atomic E-state index is 14.5. The van der Waals surface area contributed by atoms with Crippen LogP contribution in [0.2, 0.25) is 18.1 Å². The molecule has 6 atom stereocenters. The lowest BCUT2D eigenvalue weighted by Crippen LogP contribution is -2.51. The first-order valence-electron chi connectivity index (χ1n) is 12.7. The molecule has 3 saturated carbocycles. The molecule has 0 aliphatic heterocycles. The second-order valence-corrected chi connectivity index (χ2v) is 17.8. The van der Waals surface area contributed by atoms with Crippen LogP contribution in [-0.4, -0.2) is 26.1 Å². The average Bonchev–Trinajstić information content (AvgIpc) is 3.04. The average molecular weight is 449 g/mol. The highest BCUT2D eigenvalue weighted by molar-refractivity contribution is 6.74. The van der Waals surface area contributed by atoms with Crippen molar-refractivity contribution < 1.29 is 13.9 Å². The van der Waals surface area contributed by atoms with Gasteiger partial charge >= 0.3 is 0 Å². The van der Waals surface area contributed by atoms with Crippen LogP contribution in [-0.2, 0) is 4.43 Å². The Hall–Kier alpha value is -0.453. The topological polar surface area (TPSA) is 29.5 Å². The Morgan fingerprint density at radius 3 is 2.42 bits per heavy atom. The molecule has 2 nitrogen and oxygen atoms in total. The fraction of sp³-hybridized carbons (Fsp3) is 0.852. The minimum atomic E-state index is -1.75. The molecule has 0 aromatic heterocycles. The third kappa shape index (κ3) is 3.73. The highest BCUT2D eigenvalue weighted by Gasteiger charge is 2.58.